The van der Waals surface area contributed by atoms with Crippen molar-refractivity contribution in [3.63, 3.8) is 0 Å². The van der Waals surface area contributed by atoms with Gasteiger partial charge in [0.2, 0.25) is 0 Å². The first kappa shape index (κ1) is 12.9. The second-order valence-corrected chi connectivity index (χ2v) is 1.61. The number of carbonyl (C=O) groups is 1. The smallest absolute Gasteiger partial charge is 0.402 e. The van der Waals surface area contributed by atoms with Crippen LogP contribution in [-0.2, 0) is 0 Å². The maximum absolute atomic E-state index is 8.78. The first-order valence-electron chi connectivity index (χ1n) is 2.96. The molecule has 1 aliphatic rings. The van der Waals surface area contributed by atoms with E-state index in [1.165, 1.54) is 0 Å². The van der Waals surface area contributed by atoms with Crippen LogP contribution in [-0.4, -0.2) is 16.7 Å². The number of hydrogen-bond donors (Lipinski definition) is 3. The molecule has 0 spiro atoms. The normalized spacial score (nSPS) is 11.3. The van der Waals surface area contributed by atoms with Gasteiger partial charge in [-0.3, -0.25) is 0 Å². The van der Waals surface area contributed by atoms with E-state index in [-0.39, 0.29) is 5.48 Å². The van der Waals surface area contributed by atoms with Gasteiger partial charge in [-0.1, -0.05) is 12.2 Å². The number of amides is 1. The molecule has 1 rings (SSSR count). The monoisotopic (exact) mass is 172 g/mol. The van der Waals surface area contributed by atoms with Crippen molar-refractivity contribution in [1.82, 2.24) is 5.32 Å². The summed E-state index contributed by atoms with van der Waals surface area (Å²) >= 11 is 0. The lowest BCUT2D eigenvalue weighted by Gasteiger charge is -1.79. The standard InChI is InChI=1S/C6H7N.CH3NO2.H2O/c1-2-4-6-7-5-3-1;2-1(3)4;/h1-7H;2H2,(H,3,4);1H2. The molecular formula is C7H12N2O3. The molecule has 0 aromatic heterocycles. The van der Waals surface area contributed by atoms with E-state index in [1.807, 2.05) is 36.7 Å². The lowest BCUT2D eigenvalue weighted by molar-refractivity contribution is 0.205. The first-order valence-corrected chi connectivity index (χ1v) is 2.96. The van der Waals surface area contributed by atoms with Gasteiger partial charge >= 0.3 is 6.09 Å². The molecule has 1 amide bonds. The average molecular weight is 172 g/mol. The van der Waals surface area contributed by atoms with Crippen LogP contribution in [0.2, 0.25) is 0 Å². The van der Waals surface area contributed by atoms with Gasteiger partial charge in [0, 0.05) is 12.4 Å². The van der Waals surface area contributed by atoms with Crippen molar-refractivity contribution in [3.05, 3.63) is 36.7 Å². The number of allylic oxidation sites excluding steroid dienone is 4. The van der Waals surface area contributed by atoms with Crippen LogP contribution in [0.25, 0.3) is 0 Å². The molecule has 0 radical (unpaired) electrons. The highest BCUT2D eigenvalue weighted by Gasteiger charge is 1.67. The van der Waals surface area contributed by atoms with E-state index in [1.54, 1.807) is 0 Å². The van der Waals surface area contributed by atoms with Gasteiger partial charge in [0.25, 0.3) is 0 Å². The van der Waals surface area contributed by atoms with Crippen LogP contribution in [0.5, 0.6) is 0 Å². The molecule has 0 saturated heterocycles. The second-order valence-electron chi connectivity index (χ2n) is 1.61. The maximum atomic E-state index is 8.78. The Balaban J connectivity index is 0. The van der Waals surface area contributed by atoms with Crippen LogP contribution in [0.15, 0.2) is 36.7 Å². The zero-order valence-electron chi connectivity index (χ0n) is 6.40. The predicted molar refractivity (Wildman–Crippen MR) is 46.4 cm³/mol. The molecule has 0 unspecified atom stereocenters. The number of nitrogens with one attached hydrogen (secondary N) is 1. The van der Waals surface area contributed by atoms with Crippen molar-refractivity contribution in [3.8, 4) is 0 Å². The largest absolute Gasteiger partial charge is 0.465 e. The highest BCUT2D eigenvalue weighted by molar-refractivity contribution is 5.61. The molecule has 0 aliphatic carbocycles. The zero-order valence-corrected chi connectivity index (χ0v) is 6.40. The minimum absolute atomic E-state index is 0. The molecule has 6 N–H and O–H groups in total. The Kier molecular flexibility index (Phi) is 9.93. The van der Waals surface area contributed by atoms with Crippen LogP contribution < -0.4 is 11.1 Å². The Hall–Kier alpha value is -1.75. The third-order valence-electron chi connectivity index (χ3n) is 0.718. The van der Waals surface area contributed by atoms with E-state index in [0.717, 1.165) is 0 Å². The molecule has 0 atom stereocenters. The van der Waals surface area contributed by atoms with E-state index in [9.17, 15) is 0 Å². The fourth-order valence-corrected chi connectivity index (χ4v) is 0.406. The van der Waals surface area contributed by atoms with E-state index < -0.39 is 6.09 Å². The summed E-state index contributed by atoms with van der Waals surface area (Å²) in [5.74, 6) is 0. The average Bonchev–Trinajstić information content (AvgIpc) is 2.13. The van der Waals surface area contributed by atoms with Gasteiger partial charge in [-0.25, -0.2) is 4.79 Å². The van der Waals surface area contributed by atoms with Crippen molar-refractivity contribution in [2.75, 3.05) is 0 Å². The molecule has 12 heavy (non-hydrogen) atoms. The van der Waals surface area contributed by atoms with Gasteiger partial charge in [0.15, 0.2) is 0 Å². The quantitative estimate of drug-likeness (QED) is 0.477. The van der Waals surface area contributed by atoms with Crippen LogP contribution in [0, 0.1) is 0 Å². The summed E-state index contributed by atoms with van der Waals surface area (Å²) in [5.41, 5.74) is 4.03. The second kappa shape index (κ2) is 9.25. The molecule has 68 valence electrons. The fraction of sp³-hybridized carbons (Fsp3) is 0. The topological polar surface area (TPSA) is 107 Å². The van der Waals surface area contributed by atoms with Gasteiger partial charge in [-0.2, -0.15) is 0 Å². The molecule has 0 saturated carbocycles. The van der Waals surface area contributed by atoms with Crippen molar-refractivity contribution >= 4 is 6.09 Å². The Morgan fingerprint density at radius 1 is 1.17 bits per heavy atom. The Bertz CT molecular complexity index is 179. The van der Waals surface area contributed by atoms with Crippen LogP contribution in [0.1, 0.15) is 0 Å². The lowest BCUT2D eigenvalue weighted by Crippen LogP contribution is -2.03. The summed E-state index contributed by atoms with van der Waals surface area (Å²) in [6, 6.07) is 0. The first-order chi connectivity index (χ1) is 5.23. The van der Waals surface area contributed by atoms with Gasteiger partial charge < -0.3 is 21.6 Å². The minimum atomic E-state index is -1.33. The zero-order chi connectivity index (χ0) is 8.53. The molecule has 1 heterocycles. The maximum Gasteiger partial charge on any atom is 0.402 e. The molecule has 5 nitrogen and oxygen atoms in total. The lowest BCUT2D eigenvalue weighted by atomic mass is 10.5. The van der Waals surface area contributed by atoms with E-state index in [2.05, 4.69) is 11.1 Å². The number of nitrogens with two attached hydrogens (primary N) is 1. The highest BCUT2D eigenvalue weighted by Crippen LogP contribution is 1.81. The van der Waals surface area contributed by atoms with Gasteiger partial charge in [-0.15, -0.1) is 0 Å². The summed E-state index contributed by atoms with van der Waals surface area (Å²) in [5, 5.41) is 10.1. The Morgan fingerprint density at radius 2 is 1.50 bits per heavy atom. The fourth-order valence-electron chi connectivity index (χ4n) is 0.406. The minimum Gasteiger partial charge on any atom is -0.465 e. The van der Waals surface area contributed by atoms with Crippen LogP contribution in [0.3, 0.4) is 0 Å². The Labute approximate surface area is 70.2 Å². The third kappa shape index (κ3) is 15.7. The number of hydrogen-bond acceptors (Lipinski definition) is 2. The van der Waals surface area contributed by atoms with E-state index >= 15 is 0 Å². The predicted octanol–water partition coefficient (Wildman–Crippen LogP) is -0.0284. The van der Waals surface area contributed by atoms with Crippen molar-refractivity contribution in [1.29, 1.82) is 0 Å². The SMILES string of the molecule is C1=CC=CNC=C1.NC(=O)O.O. The Morgan fingerprint density at radius 3 is 1.83 bits per heavy atom. The summed E-state index contributed by atoms with van der Waals surface area (Å²) < 4.78 is 0. The summed E-state index contributed by atoms with van der Waals surface area (Å²) in [7, 11) is 0. The summed E-state index contributed by atoms with van der Waals surface area (Å²) in [6.07, 6.45) is 10.2. The van der Waals surface area contributed by atoms with Crippen molar-refractivity contribution in [2.45, 2.75) is 0 Å². The van der Waals surface area contributed by atoms with E-state index in [4.69, 9.17) is 9.90 Å². The summed E-state index contributed by atoms with van der Waals surface area (Å²) in [6.45, 7) is 0. The molecule has 5 heteroatoms. The molecule has 1 aliphatic heterocycles. The van der Waals surface area contributed by atoms with Crippen LogP contribution in [0.4, 0.5) is 4.79 Å². The number of primary amides is 1. The van der Waals surface area contributed by atoms with E-state index in [0.29, 0.717) is 0 Å². The number of carboxylic acid groups (broad SMARTS) is 1. The molecule has 0 aromatic rings. The van der Waals surface area contributed by atoms with Crippen LogP contribution >= 0.6 is 0 Å². The summed E-state index contributed by atoms with van der Waals surface area (Å²) in [4.78, 5) is 8.78. The number of rotatable bonds is 0. The molecular weight excluding hydrogens is 160 g/mol. The molecule has 0 fully saturated rings. The van der Waals surface area contributed by atoms with Gasteiger partial charge in [0.1, 0.15) is 0 Å². The van der Waals surface area contributed by atoms with Crippen molar-refractivity contribution in [2.24, 2.45) is 5.73 Å². The van der Waals surface area contributed by atoms with Gasteiger partial charge in [0.05, 0.1) is 0 Å². The van der Waals surface area contributed by atoms with Gasteiger partial charge in [-0.05, 0) is 12.2 Å². The highest BCUT2D eigenvalue weighted by atomic mass is 16.4. The third-order valence-corrected chi connectivity index (χ3v) is 0.718. The van der Waals surface area contributed by atoms with Crippen molar-refractivity contribution < 1.29 is 15.4 Å². The molecule has 0 aromatic carbocycles. The molecule has 0 bridgehead atoms.